The summed E-state index contributed by atoms with van der Waals surface area (Å²) in [4.78, 5) is 34.1. The van der Waals surface area contributed by atoms with E-state index in [9.17, 15) is 9.59 Å². The lowest BCUT2D eigenvalue weighted by Gasteiger charge is -2.28. The van der Waals surface area contributed by atoms with Crippen molar-refractivity contribution in [1.29, 1.82) is 0 Å². The highest BCUT2D eigenvalue weighted by Crippen LogP contribution is 2.29. The quantitative estimate of drug-likeness (QED) is 0.322. The van der Waals surface area contributed by atoms with Gasteiger partial charge in [0.25, 0.3) is 5.91 Å². The number of benzene rings is 3. The van der Waals surface area contributed by atoms with E-state index in [1.54, 1.807) is 24.1 Å². The van der Waals surface area contributed by atoms with Crippen LogP contribution in [0.5, 0.6) is 5.75 Å². The topological polar surface area (TPSA) is 65.6 Å². The lowest BCUT2D eigenvalue weighted by Crippen LogP contribution is -2.44. The van der Waals surface area contributed by atoms with Gasteiger partial charge >= 0.3 is 0 Å². The Morgan fingerprint density at radius 1 is 1.00 bits per heavy atom. The van der Waals surface area contributed by atoms with Crippen molar-refractivity contribution in [3.63, 3.8) is 0 Å². The van der Waals surface area contributed by atoms with Gasteiger partial charge in [-0.15, -0.1) is 0 Å². The van der Waals surface area contributed by atoms with Crippen molar-refractivity contribution >= 4 is 22.7 Å². The van der Waals surface area contributed by atoms with Crippen molar-refractivity contribution in [3.05, 3.63) is 101 Å². The maximum atomic E-state index is 13.7. The maximum absolute atomic E-state index is 13.7. The molecule has 1 aliphatic rings. The number of nitrogens with one attached hydrogen (secondary N) is 1. The molecule has 0 saturated heterocycles. The highest BCUT2D eigenvalue weighted by atomic mass is 16.5. The zero-order chi connectivity index (χ0) is 25.8. The first-order chi connectivity index (χ1) is 18.0. The molecule has 37 heavy (non-hydrogen) atoms. The fourth-order valence-corrected chi connectivity index (χ4v) is 4.72. The second-order valence-corrected chi connectivity index (χ2v) is 9.81. The van der Waals surface area contributed by atoms with Gasteiger partial charge in [-0.25, -0.2) is 0 Å². The number of carbonyl (C=O) groups is 2. The van der Waals surface area contributed by atoms with Gasteiger partial charge in [0.05, 0.1) is 7.11 Å². The largest absolute Gasteiger partial charge is 0.497 e. The summed E-state index contributed by atoms with van der Waals surface area (Å²) in [6, 6.07) is 23.8. The Kier molecular flexibility index (Phi) is 7.26. The first kappa shape index (κ1) is 24.6. The summed E-state index contributed by atoms with van der Waals surface area (Å²) in [6.07, 6.45) is 4.61. The highest BCUT2D eigenvalue weighted by Gasteiger charge is 2.35. The number of methoxy groups -OCH3 is 1. The normalized spacial score (nSPS) is 12.9. The summed E-state index contributed by atoms with van der Waals surface area (Å²) >= 11 is 0. The number of H-pyrrole nitrogens is 1. The van der Waals surface area contributed by atoms with E-state index in [0.717, 1.165) is 30.3 Å². The molecule has 3 aromatic carbocycles. The molecule has 0 bridgehead atoms. The van der Waals surface area contributed by atoms with E-state index in [1.165, 1.54) is 16.5 Å². The van der Waals surface area contributed by atoms with Gasteiger partial charge in [-0.2, -0.15) is 0 Å². The predicted molar refractivity (Wildman–Crippen MR) is 146 cm³/mol. The number of hydrogen-bond donors (Lipinski definition) is 1. The Bertz CT molecular complexity index is 1390. The fourth-order valence-electron chi connectivity index (χ4n) is 4.72. The van der Waals surface area contributed by atoms with E-state index in [0.29, 0.717) is 24.4 Å². The molecule has 1 saturated carbocycles. The summed E-state index contributed by atoms with van der Waals surface area (Å²) in [5.74, 6) is 0.470. The lowest BCUT2D eigenvalue weighted by atomic mass is 10.1. The molecule has 190 valence electrons. The number of aromatic amines is 1. The van der Waals surface area contributed by atoms with Crippen LogP contribution in [0.4, 0.5) is 0 Å². The number of aromatic nitrogens is 1. The highest BCUT2D eigenvalue weighted by molar-refractivity contribution is 5.97. The number of carbonyl (C=O) groups excluding carboxylic acids is 2. The van der Waals surface area contributed by atoms with Gasteiger partial charge in [0.15, 0.2) is 0 Å². The van der Waals surface area contributed by atoms with E-state index in [-0.39, 0.29) is 24.4 Å². The second-order valence-electron chi connectivity index (χ2n) is 9.81. The molecule has 1 heterocycles. The van der Waals surface area contributed by atoms with Crippen LogP contribution in [0.1, 0.15) is 39.9 Å². The Morgan fingerprint density at radius 2 is 1.78 bits per heavy atom. The Balaban J connectivity index is 1.35. The summed E-state index contributed by atoms with van der Waals surface area (Å²) in [5.41, 5.74) is 5.09. The average Bonchev–Trinajstić information content (AvgIpc) is 3.69. The van der Waals surface area contributed by atoms with Crippen LogP contribution in [0, 0.1) is 6.92 Å². The lowest BCUT2D eigenvalue weighted by molar-refractivity contribution is -0.132. The Labute approximate surface area is 217 Å². The Hall–Kier alpha value is -4.06. The smallest absolute Gasteiger partial charge is 0.254 e. The SMILES string of the molecule is COc1cccc(C(=O)N(CC(=O)N(CCc2c[nH]c3ccccc23)Cc2ccc(C)cc2)C2CC2)c1. The maximum Gasteiger partial charge on any atom is 0.254 e. The van der Waals surface area contributed by atoms with E-state index in [4.69, 9.17) is 4.74 Å². The van der Waals surface area contributed by atoms with Gasteiger partial charge in [-0.1, -0.05) is 54.1 Å². The summed E-state index contributed by atoms with van der Waals surface area (Å²) in [7, 11) is 1.59. The monoisotopic (exact) mass is 495 g/mol. The molecule has 0 spiro atoms. The van der Waals surface area contributed by atoms with Gasteiger partial charge in [-0.3, -0.25) is 9.59 Å². The first-order valence-corrected chi connectivity index (χ1v) is 12.8. The molecule has 0 unspecified atom stereocenters. The van der Waals surface area contributed by atoms with Crippen LogP contribution in [0.3, 0.4) is 0 Å². The molecule has 4 aromatic rings. The number of ether oxygens (including phenoxy) is 1. The van der Waals surface area contributed by atoms with Crippen molar-refractivity contribution < 1.29 is 14.3 Å². The number of rotatable bonds is 10. The first-order valence-electron chi connectivity index (χ1n) is 12.8. The third-order valence-corrected chi connectivity index (χ3v) is 7.04. The number of aryl methyl sites for hydroxylation is 1. The van der Waals surface area contributed by atoms with Crippen LogP contribution in [-0.4, -0.2) is 52.8 Å². The molecule has 2 amide bonds. The summed E-state index contributed by atoms with van der Waals surface area (Å²) < 4.78 is 5.30. The standard InChI is InChI=1S/C31H33N3O3/c1-22-10-12-23(13-11-22)20-33(17-16-25-19-32-29-9-4-3-8-28(25)29)30(35)21-34(26-14-15-26)31(36)24-6-5-7-27(18-24)37-2/h3-13,18-19,26,32H,14-17,20-21H2,1-2H3. The van der Waals surface area contributed by atoms with Crippen LogP contribution in [0.2, 0.25) is 0 Å². The molecule has 1 N–H and O–H groups in total. The predicted octanol–water partition coefficient (Wildman–Crippen LogP) is 5.36. The van der Waals surface area contributed by atoms with Crippen molar-refractivity contribution in [2.75, 3.05) is 20.2 Å². The van der Waals surface area contributed by atoms with E-state index >= 15 is 0 Å². The van der Waals surface area contributed by atoms with Crippen LogP contribution in [0.15, 0.2) is 79.0 Å². The van der Waals surface area contributed by atoms with Crippen LogP contribution in [-0.2, 0) is 17.8 Å². The minimum absolute atomic E-state index is 0.0384. The van der Waals surface area contributed by atoms with Gasteiger partial charge in [0.2, 0.25) is 5.91 Å². The van der Waals surface area contributed by atoms with Crippen molar-refractivity contribution in [1.82, 2.24) is 14.8 Å². The van der Waals surface area contributed by atoms with Crippen LogP contribution >= 0.6 is 0 Å². The molecule has 0 atom stereocenters. The third kappa shape index (κ3) is 5.85. The number of hydrogen-bond acceptors (Lipinski definition) is 3. The fraction of sp³-hybridized carbons (Fsp3) is 0.290. The number of nitrogens with zero attached hydrogens (tertiary/aromatic N) is 2. The molecule has 5 rings (SSSR count). The molecule has 1 aliphatic carbocycles. The molecule has 6 heteroatoms. The Morgan fingerprint density at radius 3 is 2.54 bits per heavy atom. The molecule has 0 radical (unpaired) electrons. The molecule has 0 aliphatic heterocycles. The van der Waals surface area contributed by atoms with Crippen molar-refractivity contribution in [3.8, 4) is 5.75 Å². The van der Waals surface area contributed by atoms with Crippen molar-refractivity contribution in [2.45, 2.75) is 38.8 Å². The van der Waals surface area contributed by atoms with Gasteiger partial charge in [0.1, 0.15) is 12.3 Å². The van der Waals surface area contributed by atoms with Crippen LogP contribution < -0.4 is 4.74 Å². The molecule has 1 aromatic heterocycles. The molecular weight excluding hydrogens is 462 g/mol. The molecular formula is C31H33N3O3. The zero-order valence-electron chi connectivity index (χ0n) is 21.4. The summed E-state index contributed by atoms with van der Waals surface area (Å²) in [6.45, 7) is 3.20. The number of amides is 2. The van der Waals surface area contributed by atoms with Gasteiger partial charge < -0.3 is 19.5 Å². The zero-order valence-corrected chi connectivity index (χ0v) is 21.4. The third-order valence-electron chi connectivity index (χ3n) is 7.04. The summed E-state index contributed by atoms with van der Waals surface area (Å²) in [5, 5.41) is 1.18. The minimum Gasteiger partial charge on any atom is -0.497 e. The van der Waals surface area contributed by atoms with E-state index < -0.39 is 0 Å². The molecule has 6 nitrogen and oxygen atoms in total. The van der Waals surface area contributed by atoms with Gasteiger partial charge in [0, 0.05) is 41.8 Å². The second kappa shape index (κ2) is 10.9. The molecule has 1 fully saturated rings. The van der Waals surface area contributed by atoms with Gasteiger partial charge in [-0.05, 0) is 61.6 Å². The van der Waals surface area contributed by atoms with Crippen molar-refractivity contribution in [2.24, 2.45) is 0 Å². The minimum atomic E-state index is -0.123. The number of fused-ring (bicyclic) bond motifs is 1. The van der Waals surface area contributed by atoms with Crippen LogP contribution in [0.25, 0.3) is 10.9 Å². The average molecular weight is 496 g/mol. The van der Waals surface area contributed by atoms with E-state index in [2.05, 4.69) is 48.3 Å². The van der Waals surface area contributed by atoms with E-state index in [1.807, 2.05) is 35.4 Å². The number of para-hydroxylation sites is 1.